The van der Waals surface area contributed by atoms with Gasteiger partial charge < -0.3 is 9.84 Å². The number of hydrogen-bond acceptors (Lipinski definition) is 5. The maximum absolute atomic E-state index is 13.3. The predicted octanol–water partition coefficient (Wildman–Crippen LogP) is 4.53. The molecule has 0 atom stereocenters. The van der Waals surface area contributed by atoms with E-state index in [4.69, 9.17) is 9.84 Å². The first-order chi connectivity index (χ1) is 16.7. The van der Waals surface area contributed by atoms with Gasteiger partial charge in [-0.15, -0.1) is 0 Å². The summed E-state index contributed by atoms with van der Waals surface area (Å²) in [6.45, 7) is 0.0953. The second-order valence-corrected chi connectivity index (χ2v) is 8.32. The lowest BCUT2D eigenvalue weighted by molar-refractivity contribution is -0.122. The summed E-state index contributed by atoms with van der Waals surface area (Å²) < 4.78 is 19.8. The van der Waals surface area contributed by atoms with E-state index in [-0.39, 0.29) is 23.4 Å². The quantitative estimate of drug-likeness (QED) is 0.352. The highest BCUT2D eigenvalue weighted by molar-refractivity contribution is 9.10. The molecule has 0 bridgehead atoms. The molecule has 1 fully saturated rings. The van der Waals surface area contributed by atoms with Crippen molar-refractivity contribution >= 4 is 51.5 Å². The van der Waals surface area contributed by atoms with E-state index >= 15 is 0 Å². The maximum atomic E-state index is 13.3. The molecule has 176 valence electrons. The zero-order valence-corrected chi connectivity index (χ0v) is 19.4. The monoisotopic (exact) mass is 538 g/mol. The Morgan fingerprint density at radius 2 is 1.71 bits per heavy atom. The van der Waals surface area contributed by atoms with Gasteiger partial charge in [0.25, 0.3) is 11.8 Å². The number of ether oxygens (including phenoxy) is 1. The molecule has 0 radical (unpaired) electrons. The summed E-state index contributed by atoms with van der Waals surface area (Å²) in [5.74, 6) is -3.00. The van der Waals surface area contributed by atoms with Crippen molar-refractivity contribution in [1.29, 1.82) is 0 Å². The third kappa shape index (κ3) is 5.28. The summed E-state index contributed by atoms with van der Waals surface area (Å²) in [7, 11) is 0. The van der Waals surface area contributed by atoms with Gasteiger partial charge in [0.1, 0.15) is 23.7 Å². The number of hydrogen-bond donors (Lipinski definition) is 2. The lowest BCUT2D eigenvalue weighted by Crippen LogP contribution is -2.54. The molecule has 4 amide bonds. The number of carbonyl (C=O) groups is 4. The van der Waals surface area contributed by atoms with Crippen LogP contribution in [0, 0.1) is 5.82 Å². The zero-order chi connectivity index (χ0) is 25.1. The van der Waals surface area contributed by atoms with Crippen LogP contribution in [0.1, 0.15) is 21.5 Å². The van der Waals surface area contributed by atoms with Crippen LogP contribution in [0.5, 0.6) is 5.75 Å². The molecular weight excluding hydrogens is 523 g/mol. The van der Waals surface area contributed by atoms with Crippen LogP contribution in [0.3, 0.4) is 0 Å². The molecule has 35 heavy (non-hydrogen) atoms. The third-order valence-corrected chi connectivity index (χ3v) is 5.55. The van der Waals surface area contributed by atoms with Crippen molar-refractivity contribution in [3.05, 3.63) is 99.3 Å². The molecule has 8 nitrogen and oxygen atoms in total. The summed E-state index contributed by atoms with van der Waals surface area (Å²) in [6.07, 6.45) is 1.30. The largest absolute Gasteiger partial charge is 0.488 e. The van der Waals surface area contributed by atoms with Crippen LogP contribution in [0.25, 0.3) is 6.08 Å². The lowest BCUT2D eigenvalue weighted by Gasteiger charge is -2.26. The number of aromatic carboxylic acids is 1. The minimum atomic E-state index is -1.04. The van der Waals surface area contributed by atoms with Crippen molar-refractivity contribution in [2.24, 2.45) is 0 Å². The molecule has 2 N–H and O–H groups in total. The first kappa shape index (κ1) is 23.8. The standard InChI is InChI=1S/C25H16BrFN2O6/c26-17-5-10-21(35-13-14-1-3-15(4-2-14)24(32)33)16(11-17)12-20-22(30)28-25(34)29(23(20)31)19-8-6-18(27)7-9-19/h1-12H,13H2,(H,32,33)(H,28,30,34)/b20-12+. The fourth-order valence-electron chi connectivity index (χ4n) is 3.31. The summed E-state index contributed by atoms with van der Waals surface area (Å²) in [5, 5.41) is 11.1. The van der Waals surface area contributed by atoms with Gasteiger partial charge in [0.2, 0.25) is 0 Å². The van der Waals surface area contributed by atoms with Gasteiger partial charge in [0.15, 0.2) is 0 Å². The van der Waals surface area contributed by atoms with Crippen molar-refractivity contribution < 1.29 is 33.4 Å². The van der Waals surface area contributed by atoms with Gasteiger partial charge in [0, 0.05) is 10.0 Å². The van der Waals surface area contributed by atoms with E-state index in [2.05, 4.69) is 21.2 Å². The average molecular weight is 539 g/mol. The lowest BCUT2D eigenvalue weighted by atomic mass is 10.1. The molecule has 0 aromatic heterocycles. The fraction of sp³-hybridized carbons (Fsp3) is 0.0400. The van der Waals surface area contributed by atoms with E-state index in [1.807, 2.05) is 0 Å². The highest BCUT2D eigenvalue weighted by Gasteiger charge is 2.37. The van der Waals surface area contributed by atoms with Crippen molar-refractivity contribution in [1.82, 2.24) is 5.32 Å². The van der Waals surface area contributed by atoms with Crippen LogP contribution in [0.2, 0.25) is 0 Å². The Balaban J connectivity index is 1.63. The first-order valence-corrected chi connectivity index (χ1v) is 10.9. The second kappa shape index (κ2) is 9.90. The molecule has 1 aliphatic rings. The number of carboxylic acid groups (broad SMARTS) is 1. The highest BCUT2D eigenvalue weighted by Crippen LogP contribution is 2.29. The Kier molecular flexibility index (Phi) is 6.74. The van der Waals surface area contributed by atoms with E-state index in [0.717, 1.165) is 17.0 Å². The minimum Gasteiger partial charge on any atom is -0.488 e. The number of urea groups is 1. The number of benzene rings is 3. The van der Waals surface area contributed by atoms with E-state index in [0.29, 0.717) is 21.3 Å². The van der Waals surface area contributed by atoms with Crippen molar-refractivity contribution in [2.75, 3.05) is 4.90 Å². The van der Waals surface area contributed by atoms with E-state index in [1.54, 1.807) is 30.3 Å². The Morgan fingerprint density at radius 3 is 2.37 bits per heavy atom. The van der Waals surface area contributed by atoms with E-state index < -0.39 is 29.6 Å². The number of imide groups is 2. The Bertz CT molecular complexity index is 1370. The molecule has 0 aliphatic carbocycles. The number of amides is 4. The smallest absolute Gasteiger partial charge is 0.335 e. The second-order valence-electron chi connectivity index (χ2n) is 7.41. The van der Waals surface area contributed by atoms with Crippen LogP contribution < -0.4 is 15.0 Å². The number of nitrogens with one attached hydrogen (secondary N) is 1. The summed E-state index contributed by atoms with van der Waals surface area (Å²) in [5.41, 5.74) is 1.01. The van der Waals surface area contributed by atoms with Crippen LogP contribution in [-0.4, -0.2) is 28.9 Å². The number of carboxylic acids is 1. The maximum Gasteiger partial charge on any atom is 0.335 e. The van der Waals surface area contributed by atoms with Gasteiger partial charge in [-0.2, -0.15) is 0 Å². The molecule has 0 spiro atoms. The number of rotatable bonds is 6. The van der Waals surface area contributed by atoms with Crippen molar-refractivity contribution in [3.63, 3.8) is 0 Å². The molecule has 1 saturated heterocycles. The van der Waals surface area contributed by atoms with Gasteiger partial charge >= 0.3 is 12.0 Å². The first-order valence-electron chi connectivity index (χ1n) is 10.1. The van der Waals surface area contributed by atoms with E-state index in [1.165, 1.54) is 30.3 Å². The van der Waals surface area contributed by atoms with Crippen molar-refractivity contribution in [3.8, 4) is 5.75 Å². The molecule has 4 rings (SSSR count). The Morgan fingerprint density at radius 1 is 1.03 bits per heavy atom. The summed E-state index contributed by atoms with van der Waals surface area (Å²) in [4.78, 5) is 49.7. The molecule has 3 aromatic carbocycles. The van der Waals surface area contributed by atoms with Gasteiger partial charge in [-0.3, -0.25) is 14.9 Å². The molecule has 3 aromatic rings. The third-order valence-electron chi connectivity index (χ3n) is 5.05. The molecule has 1 aliphatic heterocycles. The number of anilines is 1. The summed E-state index contributed by atoms with van der Waals surface area (Å²) in [6, 6.07) is 14.9. The number of nitrogens with zero attached hydrogens (tertiary/aromatic N) is 1. The van der Waals surface area contributed by atoms with E-state index in [9.17, 15) is 23.6 Å². The number of carbonyl (C=O) groups excluding carboxylic acids is 3. The van der Waals surface area contributed by atoms with Crippen molar-refractivity contribution in [2.45, 2.75) is 6.61 Å². The number of halogens is 2. The van der Waals surface area contributed by atoms with Crippen LogP contribution in [0.15, 0.2) is 76.8 Å². The van der Waals surface area contributed by atoms with Crippen LogP contribution in [0.4, 0.5) is 14.9 Å². The average Bonchev–Trinajstić information content (AvgIpc) is 2.82. The molecule has 10 heteroatoms. The van der Waals surface area contributed by atoms with Gasteiger partial charge in [-0.05, 0) is 66.2 Å². The number of barbiturate groups is 1. The molecular formula is C25H16BrFN2O6. The van der Waals surface area contributed by atoms with Gasteiger partial charge in [-0.1, -0.05) is 28.1 Å². The van der Waals surface area contributed by atoms with Crippen LogP contribution in [-0.2, 0) is 16.2 Å². The Labute approximate surface area is 206 Å². The topological polar surface area (TPSA) is 113 Å². The zero-order valence-electron chi connectivity index (χ0n) is 17.8. The van der Waals surface area contributed by atoms with Gasteiger partial charge in [-0.25, -0.2) is 18.9 Å². The SMILES string of the molecule is O=C1NC(=O)N(c2ccc(F)cc2)C(=O)/C1=C/c1cc(Br)ccc1OCc1ccc(C(=O)O)cc1. The minimum absolute atomic E-state index is 0.0953. The molecule has 0 unspecified atom stereocenters. The fourth-order valence-corrected chi connectivity index (χ4v) is 3.68. The molecule has 0 saturated carbocycles. The van der Waals surface area contributed by atoms with Gasteiger partial charge in [0.05, 0.1) is 11.3 Å². The highest BCUT2D eigenvalue weighted by atomic mass is 79.9. The Hall–Kier alpha value is -4.31. The predicted molar refractivity (Wildman–Crippen MR) is 127 cm³/mol. The molecule has 1 heterocycles. The van der Waals surface area contributed by atoms with Crippen LogP contribution >= 0.6 is 15.9 Å². The normalized spacial score (nSPS) is 14.7. The summed E-state index contributed by atoms with van der Waals surface area (Å²) >= 11 is 3.35.